The first-order valence-corrected chi connectivity index (χ1v) is 8.33. The van der Waals surface area contributed by atoms with E-state index >= 15 is 0 Å². The zero-order chi connectivity index (χ0) is 18.9. The van der Waals surface area contributed by atoms with Gasteiger partial charge in [-0.1, -0.05) is 42.0 Å². The van der Waals surface area contributed by atoms with E-state index in [9.17, 15) is 9.59 Å². The first kappa shape index (κ1) is 19.2. The Balaban J connectivity index is 1.80. The zero-order valence-corrected chi connectivity index (χ0v) is 15.2. The lowest BCUT2D eigenvalue weighted by atomic mass is 10.2. The van der Waals surface area contributed by atoms with Gasteiger partial charge in [0.05, 0.1) is 7.11 Å². The lowest BCUT2D eigenvalue weighted by molar-refractivity contribution is -0.148. The predicted octanol–water partition coefficient (Wildman–Crippen LogP) is 3.26. The van der Waals surface area contributed by atoms with Crippen LogP contribution in [-0.2, 0) is 20.9 Å². The first-order valence-electron chi connectivity index (χ1n) is 8.33. The number of rotatable bonds is 7. The molecule has 1 atom stereocenters. The van der Waals surface area contributed by atoms with Crippen LogP contribution in [0.5, 0.6) is 5.75 Å². The maximum atomic E-state index is 12.0. The molecule has 0 saturated heterocycles. The topological polar surface area (TPSA) is 64.6 Å². The second-order valence-corrected chi connectivity index (χ2v) is 5.93. The lowest BCUT2D eigenvalue weighted by Crippen LogP contribution is -2.38. The normalized spacial score (nSPS) is 11.8. The molecule has 0 heterocycles. The summed E-state index contributed by atoms with van der Waals surface area (Å²) in [5.74, 6) is -0.0890. The third kappa shape index (κ3) is 6.09. The van der Waals surface area contributed by atoms with Gasteiger partial charge in [-0.05, 0) is 43.2 Å². The van der Waals surface area contributed by atoms with Crippen molar-refractivity contribution in [1.82, 2.24) is 5.32 Å². The highest BCUT2D eigenvalue weighted by Crippen LogP contribution is 2.12. The van der Waals surface area contributed by atoms with Gasteiger partial charge in [-0.25, -0.2) is 4.79 Å². The summed E-state index contributed by atoms with van der Waals surface area (Å²) in [6.07, 6.45) is 3.05. The molecule has 2 rings (SSSR count). The average molecular weight is 353 g/mol. The summed E-state index contributed by atoms with van der Waals surface area (Å²) in [5.41, 5.74) is 2.90. The van der Waals surface area contributed by atoms with Crippen LogP contribution in [0.25, 0.3) is 6.08 Å². The minimum atomic E-state index is -0.728. The molecule has 1 N–H and O–H groups in total. The van der Waals surface area contributed by atoms with Crippen molar-refractivity contribution in [3.63, 3.8) is 0 Å². The zero-order valence-electron chi connectivity index (χ0n) is 15.2. The second-order valence-electron chi connectivity index (χ2n) is 5.93. The summed E-state index contributed by atoms with van der Waals surface area (Å²) in [5, 5.41) is 2.59. The van der Waals surface area contributed by atoms with E-state index in [1.807, 2.05) is 55.5 Å². The number of esters is 1. The Morgan fingerprint density at radius 2 is 1.73 bits per heavy atom. The van der Waals surface area contributed by atoms with Gasteiger partial charge < -0.3 is 14.8 Å². The van der Waals surface area contributed by atoms with E-state index in [1.54, 1.807) is 20.1 Å². The average Bonchev–Trinajstić information content (AvgIpc) is 2.66. The van der Waals surface area contributed by atoms with E-state index in [4.69, 9.17) is 9.47 Å². The van der Waals surface area contributed by atoms with Gasteiger partial charge in [-0.2, -0.15) is 0 Å². The van der Waals surface area contributed by atoms with Crippen molar-refractivity contribution in [3.8, 4) is 5.75 Å². The van der Waals surface area contributed by atoms with Gasteiger partial charge in [0.1, 0.15) is 18.4 Å². The van der Waals surface area contributed by atoms with Gasteiger partial charge in [0.15, 0.2) is 0 Å². The molecular formula is C21H23NO4. The molecule has 5 nitrogen and oxygen atoms in total. The number of carbonyl (C=O) groups is 2. The van der Waals surface area contributed by atoms with E-state index in [-0.39, 0.29) is 12.5 Å². The van der Waals surface area contributed by atoms with Crippen LogP contribution in [0.4, 0.5) is 0 Å². The van der Waals surface area contributed by atoms with Gasteiger partial charge in [0.25, 0.3) is 0 Å². The van der Waals surface area contributed by atoms with Crippen LogP contribution in [0.1, 0.15) is 23.6 Å². The number of benzene rings is 2. The Labute approximate surface area is 153 Å². The van der Waals surface area contributed by atoms with Crippen molar-refractivity contribution in [2.45, 2.75) is 26.5 Å². The van der Waals surface area contributed by atoms with Crippen molar-refractivity contribution in [1.29, 1.82) is 0 Å². The number of carbonyl (C=O) groups excluding carboxylic acids is 2. The van der Waals surface area contributed by atoms with Crippen molar-refractivity contribution in [3.05, 3.63) is 71.3 Å². The number of ether oxygens (including phenoxy) is 2. The van der Waals surface area contributed by atoms with Gasteiger partial charge in [0.2, 0.25) is 5.91 Å². The molecule has 1 amide bonds. The van der Waals surface area contributed by atoms with Crippen molar-refractivity contribution < 1.29 is 19.1 Å². The van der Waals surface area contributed by atoms with Crippen LogP contribution < -0.4 is 10.1 Å². The molecule has 0 aliphatic carbocycles. The predicted molar refractivity (Wildman–Crippen MR) is 101 cm³/mol. The maximum Gasteiger partial charge on any atom is 0.328 e. The summed E-state index contributed by atoms with van der Waals surface area (Å²) in [6, 6.07) is 14.3. The monoisotopic (exact) mass is 353 g/mol. The van der Waals surface area contributed by atoms with Crippen LogP contribution in [0.3, 0.4) is 0 Å². The molecule has 0 aromatic heterocycles. The molecule has 2 aromatic rings. The molecule has 0 bridgehead atoms. The Bertz CT molecular complexity index is 764. The highest BCUT2D eigenvalue weighted by molar-refractivity contribution is 5.94. The lowest BCUT2D eigenvalue weighted by Gasteiger charge is -2.12. The highest BCUT2D eigenvalue weighted by atomic mass is 16.5. The third-order valence-corrected chi connectivity index (χ3v) is 3.76. The number of amides is 1. The smallest absolute Gasteiger partial charge is 0.328 e. The molecule has 0 unspecified atom stereocenters. The van der Waals surface area contributed by atoms with Crippen LogP contribution >= 0.6 is 0 Å². The summed E-state index contributed by atoms with van der Waals surface area (Å²) >= 11 is 0. The minimum Gasteiger partial charge on any atom is -0.497 e. The number of nitrogens with one attached hydrogen (secondary N) is 1. The number of hydrogen-bond acceptors (Lipinski definition) is 4. The number of hydrogen-bond donors (Lipinski definition) is 1. The van der Waals surface area contributed by atoms with Gasteiger partial charge >= 0.3 is 5.97 Å². The van der Waals surface area contributed by atoms with Gasteiger partial charge in [0, 0.05) is 6.08 Å². The number of aryl methyl sites for hydroxylation is 1. The molecule has 0 radical (unpaired) electrons. The van der Waals surface area contributed by atoms with E-state index in [2.05, 4.69) is 5.32 Å². The van der Waals surface area contributed by atoms with E-state index in [0.29, 0.717) is 0 Å². The fraction of sp³-hybridized carbons (Fsp3) is 0.238. The van der Waals surface area contributed by atoms with Gasteiger partial charge in [-0.15, -0.1) is 0 Å². The van der Waals surface area contributed by atoms with Gasteiger partial charge in [-0.3, -0.25) is 4.79 Å². The van der Waals surface area contributed by atoms with Crippen LogP contribution in [0.15, 0.2) is 54.6 Å². The standard InChI is InChI=1S/C21H23NO4/c1-15-4-6-18(7-5-15)14-26-21(24)16(2)22-20(23)13-10-17-8-11-19(25-3)12-9-17/h4-13,16H,14H2,1-3H3,(H,22,23)/b13-10+/t16-/m0/s1. The van der Waals surface area contributed by atoms with Crippen LogP contribution in [0.2, 0.25) is 0 Å². The molecule has 2 aromatic carbocycles. The molecule has 5 heteroatoms. The first-order chi connectivity index (χ1) is 12.5. The largest absolute Gasteiger partial charge is 0.497 e. The maximum absolute atomic E-state index is 12.0. The minimum absolute atomic E-state index is 0.182. The molecule has 0 aliphatic heterocycles. The Kier molecular flexibility index (Phi) is 6.97. The Morgan fingerprint density at radius 3 is 2.35 bits per heavy atom. The summed E-state index contributed by atoms with van der Waals surface area (Å²) < 4.78 is 10.3. The molecule has 0 aliphatic rings. The van der Waals surface area contributed by atoms with Crippen molar-refractivity contribution in [2.75, 3.05) is 7.11 Å². The molecule has 136 valence electrons. The molecule has 0 fully saturated rings. The fourth-order valence-corrected chi connectivity index (χ4v) is 2.17. The Morgan fingerprint density at radius 1 is 1.08 bits per heavy atom. The summed E-state index contributed by atoms with van der Waals surface area (Å²) in [4.78, 5) is 23.9. The summed E-state index contributed by atoms with van der Waals surface area (Å²) in [7, 11) is 1.59. The SMILES string of the molecule is COc1ccc(/C=C/C(=O)N[C@@H](C)C(=O)OCc2ccc(C)cc2)cc1. The van der Waals surface area contributed by atoms with Crippen LogP contribution in [0, 0.1) is 6.92 Å². The van der Waals surface area contributed by atoms with Crippen molar-refractivity contribution in [2.24, 2.45) is 0 Å². The molecule has 0 saturated carbocycles. The molecular weight excluding hydrogens is 330 g/mol. The fourth-order valence-electron chi connectivity index (χ4n) is 2.17. The van der Waals surface area contributed by atoms with E-state index in [1.165, 1.54) is 6.08 Å². The Hall–Kier alpha value is -3.08. The van der Waals surface area contributed by atoms with E-state index < -0.39 is 12.0 Å². The molecule has 0 spiro atoms. The van der Waals surface area contributed by atoms with E-state index in [0.717, 1.165) is 22.4 Å². The number of methoxy groups -OCH3 is 1. The quantitative estimate of drug-likeness (QED) is 0.613. The van der Waals surface area contributed by atoms with Crippen LogP contribution in [-0.4, -0.2) is 25.0 Å². The molecule has 26 heavy (non-hydrogen) atoms. The van der Waals surface area contributed by atoms with Crippen molar-refractivity contribution >= 4 is 18.0 Å². The third-order valence-electron chi connectivity index (χ3n) is 3.76. The second kappa shape index (κ2) is 9.42. The summed E-state index contributed by atoms with van der Waals surface area (Å²) in [6.45, 7) is 3.77. The highest BCUT2D eigenvalue weighted by Gasteiger charge is 2.15.